The van der Waals surface area contributed by atoms with Gasteiger partial charge in [0.1, 0.15) is 24.1 Å². The number of para-hydroxylation sites is 1. The van der Waals surface area contributed by atoms with E-state index in [2.05, 4.69) is 5.32 Å². The van der Waals surface area contributed by atoms with Gasteiger partial charge in [0.05, 0.1) is 19.3 Å². The highest BCUT2D eigenvalue weighted by Crippen LogP contribution is 2.19. The van der Waals surface area contributed by atoms with Crippen molar-refractivity contribution in [1.29, 1.82) is 0 Å². The van der Waals surface area contributed by atoms with Gasteiger partial charge in [0.25, 0.3) is 5.91 Å². The maximum atomic E-state index is 12.7. The van der Waals surface area contributed by atoms with Crippen molar-refractivity contribution < 1.29 is 23.8 Å². The Hall–Kier alpha value is -3.02. The van der Waals surface area contributed by atoms with Crippen molar-refractivity contribution in [3.63, 3.8) is 0 Å². The fourth-order valence-corrected chi connectivity index (χ4v) is 2.62. The van der Waals surface area contributed by atoms with Crippen molar-refractivity contribution in [2.75, 3.05) is 13.7 Å². The highest BCUT2D eigenvalue weighted by atomic mass is 16.5. The molecule has 0 aliphatic heterocycles. The number of carbonyl (C=O) groups is 2. The molecule has 2 aromatic carbocycles. The highest BCUT2D eigenvalue weighted by molar-refractivity contribution is 5.99. The second-order valence-corrected chi connectivity index (χ2v) is 6.58. The molecule has 150 valence electrons. The molecule has 0 fully saturated rings. The second-order valence-electron chi connectivity index (χ2n) is 6.58. The quantitative estimate of drug-likeness (QED) is 0.668. The second kappa shape index (κ2) is 10.3. The molecule has 2 aromatic rings. The lowest BCUT2D eigenvalue weighted by Crippen LogP contribution is -2.45. The maximum absolute atomic E-state index is 12.7. The van der Waals surface area contributed by atoms with Crippen LogP contribution in [0.25, 0.3) is 0 Å². The molecule has 1 N–H and O–H groups in total. The summed E-state index contributed by atoms with van der Waals surface area (Å²) in [5.41, 5.74) is 1.22. The summed E-state index contributed by atoms with van der Waals surface area (Å²) in [5, 5.41) is 2.77. The lowest BCUT2D eigenvalue weighted by molar-refractivity contribution is -0.148. The summed E-state index contributed by atoms with van der Waals surface area (Å²) >= 11 is 0. The van der Waals surface area contributed by atoms with Gasteiger partial charge in [-0.3, -0.25) is 4.79 Å². The van der Waals surface area contributed by atoms with Crippen LogP contribution in [-0.2, 0) is 16.1 Å². The summed E-state index contributed by atoms with van der Waals surface area (Å²) in [6.07, 6.45) is 0. The van der Waals surface area contributed by atoms with Gasteiger partial charge in [0, 0.05) is 0 Å². The Morgan fingerprint density at radius 1 is 1.04 bits per heavy atom. The Morgan fingerprint density at radius 3 is 2.32 bits per heavy atom. The van der Waals surface area contributed by atoms with Gasteiger partial charge in [-0.25, -0.2) is 4.79 Å². The van der Waals surface area contributed by atoms with Gasteiger partial charge in [-0.2, -0.15) is 0 Å². The normalized spacial score (nSPS) is 11.6. The van der Waals surface area contributed by atoms with Gasteiger partial charge in [0.2, 0.25) is 0 Å². The molecule has 0 aliphatic carbocycles. The Labute approximate surface area is 165 Å². The van der Waals surface area contributed by atoms with Crippen LogP contribution in [0.15, 0.2) is 48.5 Å². The number of hydrogen-bond acceptors (Lipinski definition) is 5. The zero-order valence-corrected chi connectivity index (χ0v) is 16.7. The largest absolute Gasteiger partial charge is 0.497 e. The monoisotopic (exact) mass is 385 g/mol. The molecule has 2 rings (SSSR count). The van der Waals surface area contributed by atoms with Crippen LogP contribution in [0.3, 0.4) is 0 Å². The average Bonchev–Trinajstić information content (AvgIpc) is 2.70. The van der Waals surface area contributed by atoms with Crippen molar-refractivity contribution in [1.82, 2.24) is 5.32 Å². The molecule has 0 unspecified atom stereocenters. The van der Waals surface area contributed by atoms with Crippen molar-refractivity contribution in [2.45, 2.75) is 33.4 Å². The molecule has 0 radical (unpaired) electrons. The third-order valence-corrected chi connectivity index (χ3v) is 4.18. The third-order valence-electron chi connectivity index (χ3n) is 4.18. The molecule has 6 heteroatoms. The third kappa shape index (κ3) is 5.74. The zero-order chi connectivity index (χ0) is 20.5. The predicted molar refractivity (Wildman–Crippen MR) is 106 cm³/mol. The smallest absolute Gasteiger partial charge is 0.329 e. The van der Waals surface area contributed by atoms with Crippen LogP contribution in [0.2, 0.25) is 0 Å². The molecule has 6 nitrogen and oxygen atoms in total. The average molecular weight is 385 g/mol. The summed E-state index contributed by atoms with van der Waals surface area (Å²) in [6, 6.07) is 13.4. The standard InChI is InChI=1S/C22H27NO5/c1-5-27-19-9-7-6-8-18(19)21(24)23-20(15(2)3)22(25)28-14-16-10-12-17(26-4)13-11-16/h6-13,15,20H,5,14H2,1-4H3,(H,23,24)/t20-/m0/s1. The van der Waals surface area contributed by atoms with E-state index in [1.807, 2.05) is 32.9 Å². The molecule has 0 heterocycles. The van der Waals surface area contributed by atoms with E-state index in [0.29, 0.717) is 17.9 Å². The van der Waals surface area contributed by atoms with Crippen LogP contribution in [-0.4, -0.2) is 31.6 Å². The maximum Gasteiger partial charge on any atom is 0.329 e. The van der Waals surface area contributed by atoms with Gasteiger partial charge in [-0.15, -0.1) is 0 Å². The first-order chi connectivity index (χ1) is 13.5. The molecule has 0 bridgehead atoms. The number of hydrogen-bond donors (Lipinski definition) is 1. The summed E-state index contributed by atoms with van der Waals surface area (Å²) in [7, 11) is 1.59. The lowest BCUT2D eigenvalue weighted by Gasteiger charge is -2.21. The summed E-state index contributed by atoms with van der Waals surface area (Å²) < 4.78 is 16.0. The minimum absolute atomic E-state index is 0.122. The van der Waals surface area contributed by atoms with Crippen LogP contribution in [0.5, 0.6) is 11.5 Å². The van der Waals surface area contributed by atoms with Gasteiger partial charge in [-0.05, 0) is 42.7 Å². The van der Waals surface area contributed by atoms with Crippen LogP contribution in [0.4, 0.5) is 0 Å². The number of ether oxygens (including phenoxy) is 3. The lowest BCUT2D eigenvalue weighted by atomic mass is 10.0. The molecule has 0 saturated carbocycles. The van der Waals surface area contributed by atoms with Gasteiger partial charge < -0.3 is 19.5 Å². The minimum atomic E-state index is -0.763. The Bertz CT molecular complexity index is 786. The van der Waals surface area contributed by atoms with E-state index in [1.54, 1.807) is 43.5 Å². The number of carbonyl (C=O) groups excluding carboxylic acids is 2. The fourth-order valence-electron chi connectivity index (χ4n) is 2.62. The van der Waals surface area contributed by atoms with Crippen molar-refractivity contribution in [3.05, 3.63) is 59.7 Å². The van der Waals surface area contributed by atoms with E-state index < -0.39 is 12.0 Å². The Kier molecular flexibility index (Phi) is 7.87. The first kappa shape index (κ1) is 21.3. The molecule has 28 heavy (non-hydrogen) atoms. The minimum Gasteiger partial charge on any atom is -0.497 e. The van der Waals surface area contributed by atoms with Gasteiger partial charge >= 0.3 is 5.97 Å². The molecule has 1 amide bonds. The molecule has 1 atom stereocenters. The number of esters is 1. The van der Waals surface area contributed by atoms with Crippen LogP contribution < -0.4 is 14.8 Å². The van der Waals surface area contributed by atoms with Crippen molar-refractivity contribution >= 4 is 11.9 Å². The number of nitrogens with one attached hydrogen (secondary N) is 1. The van der Waals surface area contributed by atoms with Gasteiger partial charge in [0.15, 0.2) is 0 Å². The number of benzene rings is 2. The fraction of sp³-hybridized carbons (Fsp3) is 0.364. The molecule has 0 aliphatic rings. The van der Waals surface area contributed by atoms with E-state index in [0.717, 1.165) is 11.3 Å². The molecule has 0 saturated heterocycles. The van der Waals surface area contributed by atoms with Crippen LogP contribution in [0, 0.1) is 5.92 Å². The Balaban J connectivity index is 2.03. The van der Waals surface area contributed by atoms with Crippen LogP contribution >= 0.6 is 0 Å². The molecular weight excluding hydrogens is 358 g/mol. The number of rotatable bonds is 9. The summed E-state index contributed by atoms with van der Waals surface area (Å²) in [4.78, 5) is 25.3. The predicted octanol–water partition coefficient (Wildman–Crippen LogP) is 3.59. The number of amides is 1. The first-order valence-corrected chi connectivity index (χ1v) is 9.28. The van der Waals surface area contributed by atoms with E-state index >= 15 is 0 Å². The Morgan fingerprint density at radius 2 is 1.71 bits per heavy atom. The van der Waals surface area contributed by atoms with E-state index in [-0.39, 0.29) is 18.4 Å². The van der Waals surface area contributed by atoms with E-state index in [1.165, 1.54) is 0 Å². The van der Waals surface area contributed by atoms with Crippen molar-refractivity contribution in [2.24, 2.45) is 5.92 Å². The molecular formula is C22H27NO5. The SMILES string of the molecule is CCOc1ccccc1C(=O)N[C@H](C(=O)OCc1ccc(OC)cc1)C(C)C. The van der Waals surface area contributed by atoms with E-state index in [9.17, 15) is 9.59 Å². The first-order valence-electron chi connectivity index (χ1n) is 9.28. The summed E-state index contributed by atoms with van der Waals surface area (Å²) in [5.74, 6) is 0.232. The zero-order valence-electron chi connectivity index (χ0n) is 16.7. The van der Waals surface area contributed by atoms with E-state index in [4.69, 9.17) is 14.2 Å². The highest BCUT2D eigenvalue weighted by Gasteiger charge is 2.27. The number of methoxy groups -OCH3 is 1. The molecule has 0 aromatic heterocycles. The van der Waals surface area contributed by atoms with Gasteiger partial charge in [-0.1, -0.05) is 38.1 Å². The topological polar surface area (TPSA) is 73.9 Å². The summed E-state index contributed by atoms with van der Waals surface area (Å²) in [6.45, 7) is 6.13. The van der Waals surface area contributed by atoms with Crippen molar-refractivity contribution in [3.8, 4) is 11.5 Å². The van der Waals surface area contributed by atoms with Crippen LogP contribution in [0.1, 0.15) is 36.7 Å². The molecule has 0 spiro atoms.